The van der Waals surface area contributed by atoms with Crippen LogP contribution in [-0.2, 0) is 48.8 Å². The molecule has 10 heteroatoms. The van der Waals surface area contributed by atoms with Crippen molar-refractivity contribution in [3.8, 4) is 0 Å². The van der Waals surface area contributed by atoms with Gasteiger partial charge in [0.25, 0.3) is 0 Å². The Kier molecular flexibility index (Phi) is 9.87. The number of hydrogen-bond donors (Lipinski definition) is 0. The Morgan fingerprint density at radius 3 is 2.03 bits per heavy atom. The minimum Gasteiger partial charge on any atom is -0.460 e. The van der Waals surface area contributed by atoms with Crippen LogP contribution < -0.4 is 0 Å². The second kappa shape index (κ2) is 11.4. The number of ether oxygens (including phenoxy) is 3. The third-order valence-corrected chi connectivity index (χ3v) is 5.08. The van der Waals surface area contributed by atoms with E-state index in [0.717, 1.165) is 5.56 Å². The zero-order valence-electron chi connectivity index (χ0n) is 18.8. The van der Waals surface area contributed by atoms with Crippen LogP contribution in [0.4, 0.5) is 0 Å². The van der Waals surface area contributed by atoms with Crippen LogP contribution in [0.2, 0.25) is 0 Å². The zero-order valence-corrected chi connectivity index (χ0v) is 19.7. The summed E-state index contributed by atoms with van der Waals surface area (Å²) in [5, 5.41) is 0. The van der Waals surface area contributed by atoms with E-state index in [1.54, 1.807) is 65.8 Å². The molecule has 0 radical (unpaired) electrons. The van der Waals surface area contributed by atoms with Gasteiger partial charge in [-0.25, -0.2) is 4.79 Å². The molecular formula is C21H31O9P. The SMILES string of the molecule is CC(C)(C)OC(=O)COP(=O)(CC(=O)OCc1ccccc1)OCOC(=O)C(C)(C)C. The maximum Gasteiger partial charge on any atom is 0.345 e. The summed E-state index contributed by atoms with van der Waals surface area (Å²) < 4.78 is 38.3. The van der Waals surface area contributed by atoms with Gasteiger partial charge in [-0.2, -0.15) is 0 Å². The van der Waals surface area contributed by atoms with Crippen molar-refractivity contribution in [2.75, 3.05) is 19.6 Å². The number of rotatable bonds is 10. The van der Waals surface area contributed by atoms with E-state index in [-0.39, 0.29) is 6.61 Å². The van der Waals surface area contributed by atoms with Crippen LogP contribution in [0.1, 0.15) is 47.1 Å². The Hall–Kier alpha value is -2.22. The summed E-state index contributed by atoms with van der Waals surface area (Å²) in [6.07, 6.45) is -0.768. The lowest BCUT2D eigenvalue weighted by Crippen LogP contribution is -2.27. The zero-order chi connectivity index (χ0) is 23.7. The van der Waals surface area contributed by atoms with Crippen molar-refractivity contribution in [1.82, 2.24) is 0 Å². The molecule has 0 amide bonds. The Morgan fingerprint density at radius 1 is 0.871 bits per heavy atom. The molecule has 0 aromatic heterocycles. The molecule has 0 fully saturated rings. The van der Waals surface area contributed by atoms with Gasteiger partial charge in [-0.3, -0.25) is 23.2 Å². The molecule has 0 aliphatic heterocycles. The highest BCUT2D eigenvalue weighted by Gasteiger charge is 2.33. The third kappa shape index (κ3) is 11.7. The van der Waals surface area contributed by atoms with Crippen molar-refractivity contribution >= 4 is 25.5 Å². The largest absolute Gasteiger partial charge is 0.460 e. The van der Waals surface area contributed by atoms with Crippen molar-refractivity contribution in [3.05, 3.63) is 35.9 Å². The Balaban J connectivity index is 2.73. The van der Waals surface area contributed by atoms with E-state index in [1.165, 1.54) is 0 Å². The summed E-state index contributed by atoms with van der Waals surface area (Å²) in [7, 11) is -4.18. The number of carbonyl (C=O) groups is 3. The summed E-state index contributed by atoms with van der Waals surface area (Å²) >= 11 is 0. The highest BCUT2D eigenvalue weighted by molar-refractivity contribution is 7.54. The molecule has 0 saturated heterocycles. The molecule has 1 aromatic carbocycles. The van der Waals surface area contributed by atoms with Crippen molar-refractivity contribution in [1.29, 1.82) is 0 Å². The van der Waals surface area contributed by atoms with Crippen molar-refractivity contribution in [2.24, 2.45) is 5.41 Å². The van der Waals surface area contributed by atoms with Gasteiger partial charge in [0.1, 0.15) is 18.4 Å². The summed E-state index contributed by atoms with van der Waals surface area (Å²) in [4.78, 5) is 35.9. The first-order valence-corrected chi connectivity index (χ1v) is 11.4. The molecule has 0 saturated carbocycles. The van der Waals surface area contributed by atoms with Crippen LogP contribution in [0, 0.1) is 5.41 Å². The van der Waals surface area contributed by atoms with Gasteiger partial charge in [-0.15, -0.1) is 0 Å². The van der Waals surface area contributed by atoms with Gasteiger partial charge in [0.05, 0.1) is 5.41 Å². The fourth-order valence-corrected chi connectivity index (χ4v) is 3.15. The van der Waals surface area contributed by atoms with E-state index in [0.29, 0.717) is 0 Å². The van der Waals surface area contributed by atoms with E-state index in [9.17, 15) is 18.9 Å². The average Bonchev–Trinajstić information content (AvgIpc) is 2.63. The van der Waals surface area contributed by atoms with E-state index in [1.807, 2.05) is 6.07 Å². The summed E-state index contributed by atoms with van der Waals surface area (Å²) in [6, 6.07) is 8.90. The highest BCUT2D eigenvalue weighted by atomic mass is 31.2. The van der Waals surface area contributed by atoms with Crippen LogP contribution in [0.25, 0.3) is 0 Å². The monoisotopic (exact) mass is 458 g/mol. The van der Waals surface area contributed by atoms with Gasteiger partial charge in [0.2, 0.25) is 6.79 Å². The molecule has 0 N–H and O–H groups in total. The van der Waals surface area contributed by atoms with Gasteiger partial charge in [-0.05, 0) is 47.1 Å². The summed E-state index contributed by atoms with van der Waals surface area (Å²) in [5.41, 5.74) is -0.845. The maximum absolute atomic E-state index is 13.0. The quantitative estimate of drug-likeness (QED) is 0.223. The Morgan fingerprint density at radius 2 is 1.48 bits per heavy atom. The first kappa shape index (κ1) is 26.8. The van der Waals surface area contributed by atoms with Gasteiger partial charge in [0.15, 0.2) is 6.61 Å². The first-order chi connectivity index (χ1) is 14.2. The molecule has 9 nitrogen and oxygen atoms in total. The minimum absolute atomic E-state index is 0.0370. The molecule has 1 atom stereocenters. The van der Waals surface area contributed by atoms with Crippen LogP contribution in [-0.4, -0.2) is 43.1 Å². The molecule has 0 heterocycles. The molecule has 0 bridgehead atoms. The topological polar surface area (TPSA) is 114 Å². The lowest BCUT2D eigenvalue weighted by molar-refractivity contribution is -0.162. The van der Waals surface area contributed by atoms with Crippen LogP contribution in [0.5, 0.6) is 0 Å². The lowest BCUT2D eigenvalue weighted by atomic mass is 9.98. The molecule has 1 aromatic rings. The van der Waals surface area contributed by atoms with Crippen LogP contribution in [0.15, 0.2) is 30.3 Å². The van der Waals surface area contributed by atoms with E-state index >= 15 is 0 Å². The van der Waals surface area contributed by atoms with Crippen LogP contribution in [0.3, 0.4) is 0 Å². The smallest absolute Gasteiger partial charge is 0.345 e. The van der Waals surface area contributed by atoms with Gasteiger partial charge in [0, 0.05) is 0 Å². The molecule has 1 rings (SSSR count). The number of benzene rings is 1. The van der Waals surface area contributed by atoms with Crippen molar-refractivity contribution in [3.63, 3.8) is 0 Å². The normalized spacial score (nSPS) is 13.7. The maximum atomic E-state index is 13.0. The van der Waals surface area contributed by atoms with E-state index < -0.39 is 56.1 Å². The fourth-order valence-electron chi connectivity index (χ4n) is 1.97. The molecule has 0 aliphatic carbocycles. The average molecular weight is 458 g/mol. The van der Waals surface area contributed by atoms with Gasteiger partial charge in [-0.1, -0.05) is 30.3 Å². The number of esters is 3. The standard InChI is InChI=1S/C21H31O9P/c1-20(2,3)19(24)27-15-29-31(25,28-13-17(22)30-21(4,5)6)14-18(23)26-12-16-10-8-7-9-11-16/h7-11H,12-15H2,1-6H3. The lowest BCUT2D eigenvalue weighted by Gasteiger charge is -2.22. The van der Waals surface area contributed by atoms with E-state index in [2.05, 4.69) is 0 Å². The molecule has 174 valence electrons. The predicted octanol–water partition coefficient (Wildman–Crippen LogP) is 3.84. The number of carbonyl (C=O) groups excluding carboxylic acids is 3. The van der Waals surface area contributed by atoms with Crippen molar-refractivity contribution in [2.45, 2.75) is 53.8 Å². The second-order valence-corrected chi connectivity index (χ2v) is 10.8. The summed E-state index contributed by atoms with van der Waals surface area (Å²) in [6.45, 7) is 8.42. The molecule has 31 heavy (non-hydrogen) atoms. The third-order valence-electron chi connectivity index (χ3n) is 3.42. The van der Waals surface area contributed by atoms with Crippen molar-refractivity contribution < 1.29 is 42.2 Å². The Bertz CT molecular complexity index is 791. The first-order valence-electron chi connectivity index (χ1n) is 9.67. The Labute approximate surface area is 182 Å². The molecule has 1 unspecified atom stereocenters. The minimum atomic E-state index is -4.18. The molecule has 0 spiro atoms. The predicted molar refractivity (Wildman–Crippen MR) is 112 cm³/mol. The molecule has 0 aliphatic rings. The van der Waals surface area contributed by atoms with E-state index in [4.69, 9.17) is 23.3 Å². The second-order valence-electron chi connectivity index (χ2n) is 8.70. The fraction of sp³-hybridized carbons (Fsp3) is 0.571. The van der Waals surface area contributed by atoms with Crippen LogP contribution >= 0.6 is 7.60 Å². The number of hydrogen-bond acceptors (Lipinski definition) is 9. The summed E-state index contributed by atoms with van der Waals surface area (Å²) in [5.74, 6) is -2.25. The van der Waals surface area contributed by atoms with Gasteiger partial charge < -0.3 is 14.2 Å². The molecular weight excluding hydrogens is 427 g/mol. The highest BCUT2D eigenvalue weighted by Crippen LogP contribution is 2.48. The van der Waals surface area contributed by atoms with Gasteiger partial charge >= 0.3 is 25.5 Å².